The molecule has 2 amide bonds. The van der Waals surface area contributed by atoms with Gasteiger partial charge in [0.1, 0.15) is 18.8 Å². The van der Waals surface area contributed by atoms with Crippen molar-refractivity contribution in [3.8, 4) is 5.75 Å². The van der Waals surface area contributed by atoms with Gasteiger partial charge in [-0.05, 0) is 48.0 Å². The number of benzene rings is 2. The highest BCUT2D eigenvalue weighted by Gasteiger charge is 2.19. The quantitative estimate of drug-likeness (QED) is 0.393. The number of hydrogen-bond donors (Lipinski definition) is 3. The number of ether oxygens (including phenoxy) is 1. The number of nitrogens with zero attached hydrogens (tertiary/aromatic N) is 1. The largest absolute Gasteiger partial charge is 1.00 e. The van der Waals surface area contributed by atoms with Crippen LogP contribution in [0.15, 0.2) is 65.7 Å². The van der Waals surface area contributed by atoms with Crippen molar-refractivity contribution in [3.05, 3.63) is 83.2 Å². The predicted octanol–water partition coefficient (Wildman–Crippen LogP) is -1.03. The maximum Gasteiger partial charge on any atom is 0.319 e. The summed E-state index contributed by atoms with van der Waals surface area (Å²) in [5.74, 6) is 0.588. The molecule has 0 fully saturated rings. The van der Waals surface area contributed by atoms with Crippen molar-refractivity contribution in [2.24, 2.45) is 0 Å². The standard InChI is InChI=1S/C23H24N4O4S.ClH/c1-31-21-7-4-20(25-14-21)13-26-23(28)27-19-5-8-22(9-6-19)32(29,30)15-16-2-3-17-11-24-12-18(17)10-16;/h2-10,14,24H,11-13,15H2,1H3,(H2,26,27,28);1H. The molecule has 4 N–H and O–H groups in total. The highest BCUT2D eigenvalue weighted by Crippen LogP contribution is 2.21. The number of carbonyl (C=O) groups excluding carboxylic acids is 1. The van der Waals surface area contributed by atoms with E-state index in [1.807, 2.05) is 18.2 Å². The Hall–Kier alpha value is -3.14. The Morgan fingerprint density at radius 1 is 1.06 bits per heavy atom. The molecule has 0 unspecified atom stereocenters. The molecule has 33 heavy (non-hydrogen) atoms. The molecule has 10 heteroatoms. The topological polar surface area (TPSA) is 114 Å². The minimum Gasteiger partial charge on any atom is -1.00 e. The summed E-state index contributed by atoms with van der Waals surface area (Å²) >= 11 is 0. The first-order valence-corrected chi connectivity index (χ1v) is 11.9. The summed E-state index contributed by atoms with van der Waals surface area (Å²) in [5, 5.41) is 7.59. The van der Waals surface area contributed by atoms with Crippen LogP contribution in [0.4, 0.5) is 10.5 Å². The summed E-state index contributed by atoms with van der Waals surface area (Å²) in [6.07, 6.45) is 1.58. The lowest BCUT2D eigenvalue weighted by Crippen LogP contribution is -3.00. The van der Waals surface area contributed by atoms with Gasteiger partial charge in [0.15, 0.2) is 9.84 Å². The molecule has 4 rings (SSSR count). The van der Waals surface area contributed by atoms with E-state index in [9.17, 15) is 13.2 Å². The minimum atomic E-state index is -3.49. The zero-order chi connectivity index (χ0) is 22.6. The van der Waals surface area contributed by atoms with Crippen LogP contribution in [0.5, 0.6) is 5.75 Å². The fourth-order valence-electron chi connectivity index (χ4n) is 3.57. The van der Waals surface area contributed by atoms with Crippen LogP contribution in [-0.2, 0) is 35.2 Å². The van der Waals surface area contributed by atoms with E-state index in [-0.39, 0.29) is 29.6 Å². The molecule has 1 aliphatic heterocycles. The molecule has 0 radical (unpaired) electrons. The van der Waals surface area contributed by atoms with Crippen molar-refractivity contribution >= 4 is 21.6 Å². The van der Waals surface area contributed by atoms with Gasteiger partial charge in [-0.25, -0.2) is 13.2 Å². The molecule has 1 aromatic heterocycles. The minimum absolute atomic E-state index is 0. The molecule has 3 aromatic rings. The van der Waals surface area contributed by atoms with Gasteiger partial charge in [-0.2, -0.15) is 0 Å². The van der Waals surface area contributed by atoms with Crippen LogP contribution in [0, 0.1) is 0 Å². The monoisotopic (exact) mass is 488 g/mol. The zero-order valence-corrected chi connectivity index (χ0v) is 19.6. The molecule has 0 saturated carbocycles. The van der Waals surface area contributed by atoms with E-state index in [0.717, 1.165) is 18.7 Å². The second kappa shape index (κ2) is 10.7. The van der Waals surface area contributed by atoms with Crippen molar-refractivity contribution in [2.75, 3.05) is 12.4 Å². The number of pyridine rings is 1. The van der Waals surface area contributed by atoms with Gasteiger partial charge in [-0.3, -0.25) is 4.98 Å². The first kappa shape index (κ1) is 24.5. The summed E-state index contributed by atoms with van der Waals surface area (Å²) in [6, 6.07) is 15.2. The van der Waals surface area contributed by atoms with E-state index in [1.165, 1.54) is 23.3 Å². The second-order valence-corrected chi connectivity index (χ2v) is 9.57. The summed E-state index contributed by atoms with van der Waals surface area (Å²) in [6.45, 7) is 2.09. The number of nitrogens with two attached hydrogens (primary N) is 1. The number of hydrogen-bond acceptors (Lipinski definition) is 5. The third-order valence-corrected chi connectivity index (χ3v) is 6.99. The number of quaternary nitrogens is 1. The average molecular weight is 489 g/mol. The predicted molar refractivity (Wildman–Crippen MR) is 120 cm³/mol. The van der Waals surface area contributed by atoms with E-state index in [0.29, 0.717) is 17.1 Å². The molecule has 2 heterocycles. The smallest absolute Gasteiger partial charge is 0.319 e. The number of methoxy groups -OCH3 is 1. The molecule has 2 aromatic carbocycles. The van der Waals surface area contributed by atoms with Gasteiger partial charge in [0.05, 0.1) is 36.2 Å². The molecule has 8 nitrogen and oxygen atoms in total. The van der Waals surface area contributed by atoms with Gasteiger partial charge >= 0.3 is 6.03 Å². The number of urea groups is 1. The Balaban J connectivity index is 0.00000306. The number of anilines is 1. The third kappa shape index (κ3) is 6.22. The van der Waals surface area contributed by atoms with Gasteiger partial charge in [0.2, 0.25) is 0 Å². The third-order valence-electron chi connectivity index (χ3n) is 5.29. The Labute approximate surface area is 199 Å². The fraction of sp³-hybridized carbons (Fsp3) is 0.217. The highest BCUT2D eigenvalue weighted by atomic mass is 35.5. The maximum atomic E-state index is 12.8. The summed E-state index contributed by atoms with van der Waals surface area (Å²) < 4.78 is 30.7. The lowest BCUT2D eigenvalue weighted by Gasteiger charge is -2.09. The zero-order valence-electron chi connectivity index (χ0n) is 18.0. The first-order valence-electron chi connectivity index (χ1n) is 10.2. The van der Waals surface area contributed by atoms with Crippen LogP contribution in [0.2, 0.25) is 0 Å². The van der Waals surface area contributed by atoms with Crippen molar-refractivity contribution in [1.29, 1.82) is 0 Å². The number of carbonyl (C=O) groups is 1. The maximum absolute atomic E-state index is 12.8. The Kier molecular flexibility index (Phi) is 7.91. The van der Waals surface area contributed by atoms with Crippen molar-refractivity contribution in [3.63, 3.8) is 0 Å². The lowest BCUT2D eigenvalue weighted by molar-refractivity contribution is -0.676. The summed E-state index contributed by atoms with van der Waals surface area (Å²) in [4.78, 5) is 16.5. The highest BCUT2D eigenvalue weighted by molar-refractivity contribution is 7.90. The van der Waals surface area contributed by atoms with E-state index < -0.39 is 15.9 Å². The van der Waals surface area contributed by atoms with Crippen LogP contribution in [-0.4, -0.2) is 26.5 Å². The Morgan fingerprint density at radius 3 is 2.52 bits per heavy atom. The number of rotatable bonds is 7. The molecule has 0 saturated heterocycles. The number of halogens is 1. The molecule has 0 bridgehead atoms. The number of aromatic nitrogens is 1. The van der Waals surface area contributed by atoms with Crippen molar-refractivity contribution in [2.45, 2.75) is 30.3 Å². The Bertz CT molecular complexity index is 1220. The fourth-order valence-corrected chi connectivity index (χ4v) is 4.91. The number of nitrogens with one attached hydrogen (secondary N) is 2. The van der Waals surface area contributed by atoms with Gasteiger partial charge in [-0.1, -0.05) is 12.1 Å². The van der Waals surface area contributed by atoms with Crippen LogP contribution < -0.4 is 33.1 Å². The molecule has 0 atom stereocenters. The molecule has 0 spiro atoms. The van der Waals surface area contributed by atoms with Crippen LogP contribution >= 0.6 is 0 Å². The molecule has 1 aliphatic rings. The van der Waals surface area contributed by atoms with Crippen LogP contribution in [0.1, 0.15) is 22.4 Å². The van der Waals surface area contributed by atoms with E-state index >= 15 is 0 Å². The number of fused-ring (bicyclic) bond motifs is 1. The van der Waals surface area contributed by atoms with Crippen LogP contribution in [0.25, 0.3) is 0 Å². The normalized spacial score (nSPS) is 12.4. The molecule has 174 valence electrons. The van der Waals surface area contributed by atoms with E-state index in [1.54, 1.807) is 37.6 Å². The van der Waals surface area contributed by atoms with Crippen LogP contribution in [0.3, 0.4) is 0 Å². The SMILES string of the molecule is COc1ccc(CNC(=O)Nc2ccc(S(=O)(=O)Cc3ccc4c(c3)C[NH2+]C4)cc2)nc1.[Cl-]. The number of sulfone groups is 1. The molecular formula is C23H25ClN4O4S. The average Bonchev–Trinajstić information content (AvgIpc) is 3.26. The summed E-state index contributed by atoms with van der Waals surface area (Å²) in [5.41, 5.74) is 4.44. The second-order valence-electron chi connectivity index (χ2n) is 7.58. The van der Waals surface area contributed by atoms with Gasteiger partial charge in [-0.15, -0.1) is 0 Å². The lowest BCUT2D eigenvalue weighted by atomic mass is 10.1. The van der Waals surface area contributed by atoms with Crippen molar-refractivity contribution < 1.29 is 35.7 Å². The first-order chi connectivity index (χ1) is 15.4. The number of amides is 2. The van der Waals surface area contributed by atoms with E-state index in [2.05, 4.69) is 20.9 Å². The van der Waals surface area contributed by atoms with Gasteiger partial charge < -0.3 is 33.1 Å². The van der Waals surface area contributed by atoms with Gasteiger partial charge in [0.25, 0.3) is 0 Å². The molecule has 0 aliphatic carbocycles. The van der Waals surface area contributed by atoms with Gasteiger partial charge in [0, 0.05) is 16.8 Å². The molecular weight excluding hydrogens is 464 g/mol. The van der Waals surface area contributed by atoms with Crippen molar-refractivity contribution in [1.82, 2.24) is 10.3 Å². The Morgan fingerprint density at radius 2 is 1.82 bits per heavy atom. The van der Waals surface area contributed by atoms with E-state index in [4.69, 9.17) is 4.74 Å². The summed E-state index contributed by atoms with van der Waals surface area (Å²) in [7, 11) is -1.92.